The molecule has 0 aromatic carbocycles. The van der Waals surface area contributed by atoms with Crippen LogP contribution < -0.4 is 10.6 Å². The summed E-state index contributed by atoms with van der Waals surface area (Å²) in [6, 6.07) is 2.70. The van der Waals surface area contributed by atoms with Crippen molar-refractivity contribution in [1.29, 1.82) is 0 Å². The molecule has 0 spiro atoms. The van der Waals surface area contributed by atoms with Crippen LogP contribution in [0.4, 0.5) is 5.82 Å². The molecule has 1 aliphatic carbocycles. The van der Waals surface area contributed by atoms with Gasteiger partial charge >= 0.3 is 0 Å². The summed E-state index contributed by atoms with van der Waals surface area (Å²) in [4.78, 5) is 19.2. The van der Waals surface area contributed by atoms with Gasteiger partial charge in [-0.15, -0.1) is 0 Å². The van der Waals surface area contributed by atoms with E-state index in [0.717, 1.165) is 30.8 Å². The molecule has 1 saturated carbocycles. The van der Waals surface area contributed by atoms with Crippen molar-refractivity contribution in [3.8, 4) is 0 Å². The van der Waals surface area contributed by atoms with Gasteiger partial charge in [0.25, 0.3) is 0 Å². The highest BCUT2D eigenvalue weighted by atomic mass is 16.1. The van der Waals surface area contributed by atoms with Crippen LogP contribution in [0.15, 0.2) is 12.4 Å². The van der Waals surface area contributed by atoms with Gasteiger partial charge in [-0.2, -0.15) is 0 Å². The predicted molar refractivity (Wildman–Crippen MR) is 65.7 cm³/mol. The lowest BCUT2D eigenvalue weighted by atomic mass is 9.86. The number of hydrogen-bond donors (Lipinski definition) is 2. The van der Waals surface area contributed by atoms with Crippen molar-refractivity contribution in [3.63, 3.8) is 0 Å². The standard InChI is InChI=1S/C12H18N4O/c1-3-9-6-12(14-7-13-9)16-11-4-10(5-11)15-8(2)17/h6-7,10-11H,3-5H2,1-2H3,(H,15,17)(H,13,14,16). The second-order valence-corrected chi connectivity index (χ2v) is 4.46. The van der Waals surface area contributed by atoms with Gasteiger partial charge in [0.05, 0.1) is 0 Å². The minimum atomic E-state index is 0.0451. The fourth-order valence-electron chi connectivity index (χ4n) is 2.02. The summed E-state index contributed by atoms with van der Waals surface area (Å²) in [5.74, 6) is 0.923. The first-order valence-corrected chi connectivity index (χ1v) is 6.02. The maximum atomic E-state index is 10.8. The summed E-state index contributed by atoms with van der Waals surface area (Å²) in [5.41, 5.74) is 1.04. The Morgan fingerprint density at radius 2 is 2.18 bits per heavy atom. The van der Waals surface area contributed by atoms with E-state index < -0.39 is 0 Å². The van der Waals surface area contributed by atoms with Crippen molar-refractivity contribution in [2.24, 2.45) is 0 Å². The second-order valence-electron chi connectivity index (χ2n) is 4.46. The van der Waals surface area contributed by atoms with E-state index >= 15 is 0 Å². The van der Waals surface area contributed by atoms with Gasteiger partial charge < -0.3 is 10.6 Å². The maximum absolute atomic E-state index is 10.8. The van der Waals surface area contributed by atoms with Crippen LogP contribution in [0, 0.1) is 0 Å². The first-order chi connectivity index (χ1) is 8.17. The number of nitrogens with zero attached hydrogens (tertiary/aromatic N) is 2. The normalized spacial score (nSPS) is 22.7. The molecule has 5 heteroatoms. The average molecular weight is 234 g/mol. The van der Waals surface area contributed by atoms with Crippen molar-refractivity contribution >= 4 is 11.7 Å². The number of nitrogens with one attached hydrogen (secondary N) is 2. The molecule has 2 N–H and O–H groups in total. The van der Waals surface area contributed by atoms with E-state index in [2.05, 4.69) is 27.5 Å². The molecule has 1 aromatic heterocycles. The number of aryl methyl sites for hydroxylation is 1. The molecule has 1 heterocycles. The molecule has 0 bridgehead atoms. The van der Waals surface area contributed by atoms with Crippen LogP contribution in [0.2, 0.25) is 0 Å². The molecule has 0 aliphatic heterocycles. The third-order valence-corrected chi connectivity index (χ3v) is 2.98. The highest BCUT2D eigenvalue weighted by Crippen LogP contribution is 2.23. The zero-order chi connectivity index (χ0) is 12.3. The van der Waals surface area contributed by atoms with Gasteiger partial charge in [0.15, 0.2) is 0 Å². The predicted octanol–water partition coefficient (Wildman–Crippen LogP) is 1.12. The number of amides is 1. The van der Waals surface area contributed by atoms with E-state index in [9.17, 15) is 4.79 Å². The zero-order valence-electron chi connectivity index (χ0n) is 10.2. The Morgan fingerprint density at radius 3 is 2.82 bits per heavy atom. The molecule has 0 atom stereocenters. The second kappa shape index (κ2) is 5.12. The van der Waals surface area contributed by atoms with E-state index in [4.69, 9.17) is 0 Å². The van der Waals surface area contributed by atoms with Gasteiger partial charge in [-0.3, -0.25) is 4.79 Å². The molecular weight excluding hydrogens is 216 g/mol. The Labute approximate surface area is 101 Å². The van der Waals surface area contributed by atoms with Crippen molar-refractivity contribution in [2.45, 2.75) is 45.2 Å². The van der Waals surface area contributed by atoms with Gasteiger partial charge in [-0.05, 0) is 19.3 Å². The summed E-state index contributed by atoms with van der Waals surface area (Å²) in [5, 5.41) is 6.26. The third-order valence-electron chi connectivity index (χ3n) is 2.98. The largest absolute Gasteiger partial charge is 0.367 e. The Balaban J connectivity index is 1.81. The van der Waals surface area contributed by atoms with Crippen LogP contribution >= 0.6 is 0 Å². The minimum absolute atomic E-state index is 0.0451. The number of carbonyl (C=O) groups excluding carboxylic acids is 1. The number of aromatic nitrogens is 2. The Bertz CT molecular complexity index is 401. The highest BCUT2D eigenvalue weighted by molar-refractivity contribution is 5.73. The van der Waals surface area contributed by atoms with Crippen LogP contribution in [0.1, 0.15) is 32.4 Å². The summed E-state index contributed by atoms with van der Waals surface area (Å²) >= 11 is 0. The van der Waals surface area contributed by atoms with Gasteiger partial charge in [0.2, 0.25) is 5.91 Å². The smallest absolute Gasteiger partial charge is 0.217 e. The van der Waals surface area contributed by atoms with E-state index in [0.29, 0.717) is 12.1 Å². The zero-order valence-corrected chi connectivity index (χ0v) is 10.2. The molecule has 0 radical (unpaired) electrons. The molecule has 92 valence electrons. The van der Waals surface area contributed by atoms with E-state index in [1.165, 1.54) is 0 Å². The molecule has 5 nitrogen and oxygen atoms in total. The lowest BCUT2D eigenvalue weighted by Gasteiger charge is -2.36. The number of rotatable bonds is 4. The fraction of sp³-hybridized carbons (Fsp3) is 0.583. The topological polar surface area (TPSA) is 66.9 Å². The van der Waals surface area contributed by atoms with Crippen LogP contribution in [-0.4, -0.2) is 28.0 Å². The number of carbonyl (C=O) groups is 1. The van der Waals surface area contributed by atoms with Crippen LogP contribution in [-0.2, 0) is 11.2 Å². The number of anilines is 1. The quantitative estimate of drug-likeness (QED) is 0.819. The third kappa shape index (κ3) is 3.15. The van der Waals surface area contributed by atoms with E-state index in [1.807, 2.05) is 6.07 Å². The molecule has 2 rings (SSSR count). The van der Waals surface area contributed by atoms with E-state index in [1.54, 1.807) is 13.3 Å². The van der Waals surface area contributed by atoms with Crippen LogP contribution in [0.5, 0.6) is 0 Å². The molecule has 0 unspecified atom stereocenters. The average Bonchev–Trinajstić information content (AvgIpc) is 2.26. The molecule has 1 aromatic rings. The summed E-state index contributed by atoms with van der Waals surface area (Å²) < 4.78 is 0. The van der Waals surface area contributed by atoms with Gasteiger partial charge in [-0.25, -0.2) is 9.97 Å². The highest BCUT2D eigenvalue weighted by Gasteiger charge is 2.29. The van der Waals surface area contributed by atoms with E-state index in [-0.39, 0.29) is 5.91 Å². The molecular formula is C12H18N4O. The Hall–Kier alpha value is -1.65. The summed E-state index contributed by atoms with van der Waals surface area (Å²) in [6.45, 7) is 3.63. The molecule has 17 heavy (non-hydrogen) atoms. The minimum Gasteiger partial charge on any atom is -0.367 e. The fourth-order valence-corrected chi connectivity index (χ4v) is 2.02. The monoisotopic (exact) mass is 234 g/mol. The molecule has 1 fully saturated rings. The van der Waals surface area contributed by atoms with Gasteiger partial charge in [0.1, 0.15) is 12.1 Å². The van der Waals surface area contributed by atoms with Gasteiger partial charge in [0, 0.05) is 30.8 Å². The van der Waals surface area contributed by atoms with Crippen molar-refractivity contribution in [3.05, 3.63) is 18.1 Å². The Kier molecular flexibility index (Phi) is 3.56. The summed E-state index contributed by atoms with van der Waals surface area (Å²) in [7, 11) is 0. The maximum Gasteiger partial charge on any atom is 0.217 e. The Morgan fingerprint density at radius 1 is 1.41 bits per heavy atom. The van der Waals surface area contributed by atoms with Gasteiger partial charge in [-0.1, -0.05) is 6.92 Å². The first kappa shape index (κ1) is 11.8. The lowest BCUT2D eigenvalue weighted by Crippen LogP contribution is -2.49. The lowest BCUT2D eigenvalue weighted by molar-refractivity contribution is -0.120. The first-order valence-electron chi connectivity index (χ1n) is 6.02. The molecule has 1 amide bonds. The van der Waals surface area contributed by atoms with Crippen molar-refractivity contribution in [2.75, 3.05) is 5.32 Å². The molecule has 0 saturated heterocycles. The molecule has 1 aliphatic rings. The van der Waals surface area contributed by atoms with Crippen molar-refractivity contribution < 1.29 is 4.79 Å². The van der Waals surface area contributed by atoms with Crippen molar-refractivity contribution in [1.82, 2.24) is 15.3 Å². The SMILES string of the molecule is CCc1cc(NC2CC(NC(C)=O)C2)ncn1. The van der Waals surface area contributed by atoms with Crippen LogP contribution in [0.25, 0.3) is 0 Å². The number of hydrogen-bond acceptors (Lipinski definition) is 4. The summed E-state index contributed by atoms with van der Waals surface area (Å²) in [6.07, 6.45) is 4.43. The van der Waals surface area contributed by atoms with Crippen LogP contribution in [0.3, 0.4) is 0 Å².